The van der Waals surface area contributed by atoms with Crippen LogP contribution in [-0.2, 0) is 33.5 Å². The molecule has 0 spiro atoms. The number of likely N-dealkylation sites (tertiary alicyclic amines) is 1. The first-order chi connectivity index (χ1) is 22.5. The zero-order chi connectivity index (χ0) is 36.2. The van der Waals surface area contributed by atoms with Crippen LogP contribution >= 0.6 is 0 Å². The number of alkyl carbamates (subject to hydrolysis) is 1. The Morgan fingerprint density at radius 2 is 1.62 bits per heavy atom. The molecule has 0 aliphatic carbocycles. The largest absolute Gasteiger partial charge is 0.449 e. The lowest BCUT2D eigenvalue weighted by molar-refractivity contribution is -0.144. The first-order valence-electron chi connectivity index (χ1n) is 16.4. The smallest absolute Gasteiger partial charge is 0.407 e. The number of ether oxygens (including phenoxy) is 1. The maximum Gasteiger partial charge on any atom is 0.407 e. The summed E-state index contributed by atoms with van der Waals surface area (Å²) in [5.74, 6) is -4.03. The molecule has 48 heavy (non-hydrogen) atoms. The zero-order valence-corrected chi connectivity index (χ0v) is 29.4. The third-order valence-corrected chi connectivity index (χ3v) is 7.73. The van der Waals surface area contributed by atoms with E-state index in [0.29, 0.717) is 24.8 Å². The quantitative estimate of drug-likeness (QED) is 0.203. The van der Waals surface area contributed by atoms with Gasteiger partial charge in [-0.05, 0) is 36.2 Å². The van der Waals surface area contributed by atoms with E-state index in [-0.39, 0.29) is 31.4 Å². The minimum atomic E-state index is -1.20. The minimum absolute atomic E-state index is 0.106. The van der Waals surface area contributed by atoms with E-state index < -0.39 is 71.6 Å². The van der Waals surface area contributed by atoms with Gasteiger partial charge in [0.25, 0.3) is 5.91 Å². The molecule has 6 amide bonds. The number of rotatable bonds is 15. The van der Waals surface area contributed by atoms with E-state index in [4.69, 9.17) is 4.74 Å². The fourth-order valence-electron chi connectivity index (χ4n) is 5.15. The van der Waals surface area contributed by atoms with E-state index in [1.165, 1.54) is 9.80 Å². The van der Waals surface area contributed by atoms with Crippen LogP contribution in [0.1, 0.15) is 78.8 Å². The Hall–Kier alpha value is -4.49. The first-order valence-corrected chi connectivity index (χ1v) is 16.4. The average molecular weight is 673 g/mol. The van der Waals surface area contributed by atoms with Crippen molar-refractivity contribution in [2.45, 2.75) is 91.4 Å². The summed E-state index contributed by atoms with van der Waals surface area (Å²) in [5, 5.41) is 10.2. The summed E-state index contributed by atoms with van der Waals surface area (Å²) < 4.78 is 5.22. The lowest BCUT2D eigenvalue weighted by Crippen LogP contribution is -2.59. The molecule has 14 nitrogen and oxygen atoms in total. The van der Waals surface area contributed by atoms with Gasteiger partial charge in [-0.1, -0.05) is 78.3 Å². The number of likely N-dealkylation sites (N-methyl/N-ethyl adjacent to an activating group) is 1. The van der Waals surface area contributed by atoms with E-state index in [9.17, 15) is 33.6 Å². The predicted molar refractivity (Wildman–Crippen MR) is 178 cm³/mol. The van der Waals surface area contributed by atoms with Gasteiger partial charge in [0.05, 0.1) is 19.2 Å². The van der Waals surface area contributed by atoms with Crippen molar-refractivity contribution in [3.8, 4) is 0 Å². The summed E-state index contributed by atoms with van der Waals surface area (Å²) in [4.78, 5) is 93.9. The average Bonchev–Trinajstić information content (AvgIpc) is 3.53. The predicted octanol–water partition coefficient (Wildman–Crippen LogP) is 1.69. The maximum absolute atomic E-state index is 13.7. The van der Waals surface area contributed by atoms with E-state index in [0.717, 1.165) is 0 Å². The number of Topliss-reactive ketones (excluding diaryl/α,β-unsaturated/α-hetero) is 1. The Bertz CT molecular complexity index is 1310. The molecule has 1 fully saturated rings. The summed E-state index contributed by atoms with van der Waals surface area (Å²) in [6.45, 7) is 10.8. The molecular weight excluding hydrogens is 620 g/mol. The molecule has 2 rings (SSSR count). The molecule has 0 saturated carbocycles. The molecule has 1 aromatic rings. The summed E-state index contributed by atoms with van der Waals surface area (Å²) in [6, 6.07) is 4.51. The Balaban J connectivity index is 2.08. The van der Waals surface area contributed by atoms with Gasteiger partial charge in [0.2, 0.25) is 29.4 Å². The first kappa shape index (κ1) is 39.7. The number of carbonyl (C=O) groups is 7. The second kappa shape index (κ2) is 18.2. The van der Waals surface area contributed by atoms with Crippen molar-refractivity contribution in [2.75, 3.05) is 33.8 Å². The van der Waals surface area contributed by atoms with Gasteiger partial charge in [-0.25, -0.2) is 4.79 Å². The van der Waals surface area contributed by atoms with E-state index in [2.05, 4.69) is 21.3 Å². The summed E-state index contributed by atoms with van der Waals surface area (Å²) in [6.07, 6.45) is 0.732. The van der Waals surface area contributed by atoms with Crippen LogP contribution in [0, 0.1) is 11.3 Å². The monoisotopic (exact) mass is 672 g/mol. The number of amides is 6. The van der Waals surface area contributed by atoms with Crippen molar-refractivity contribution in [2.24, 2.45) is 11.3 Å². The van der Waals surface area contributed by atoms with E-state index in [1.54, 1.807) is 72.1 Å². The van der Waals surface area contributed by atoms with Crippen LogP contribution < -0.4 is 21.3 Å². The Morgan fingerprint density at radius 3 is 2.19 bits per heavy atom. The number of hydrogen-bond acceptors (Lipinski definition) is 8. The van der Waals surface area contributed by atoms with Gasteiger partial charge in [-0.3, -0.25) is 28.8 Å². The second-order valence-corrected chi connectivity index (χ2v) is 13.7. The van der Waals surface area contributed by atoms with Crippen LogP contribution in [0.15, 0.2) is 30.3 Å². The zero-order valence-electron chi connectivity index (χ0n) is 29.4. The van der Waals surface area contributed by atoms with Gasteiger partial charge in [-0.2, -0.15) is 0 Å². The lowest BCUT2D eigenvalue weighted by atomic mass is 9.85. The normalized spacial score (nSPS) is 16.3. The number of hydrogen-bond donors (Lipinski definition) is 4. The molecular formula is C34H52N6O8. The fraction of sp³-hybridized carbons (Fsp3) is 0.618. The van der Waals surface area contributed by atoms with E-state index in [1.807, 2.05) is 13.8 Å². The topological polar surface area (TPSA) is 183 Å². The van der Waals surface area contributed by atoms with Gasteiger partial charge in [0, 0.05) is 20.6 Å². The van der Waals surface area contributed by atoms with Gasteiger partial charge in [0.1, 0.15) is 18.1 Å². The molecule has 0 bridgehead atoms. The van der Waals surface area contributed by atoms with Crippen molar-refractivity contribution >= 4 is 41.4 Å². The fourth-order valence-corrected chi connectivity index (χ4v) is 5.15. The highest BCUT2D eigenvalue weighted by molar-refractivity contribution is 6.38. The Morgan fingerprint density at radius 1 is 0.979 bits per heavy atom. The maximum atomic E-state index is 13.7. The Kier molecular flexibility index (Phi) is 15.0. The SMILES string of the molecule is CCCC(NC(=O)C1CCCN1C(=O)C(NC(=O)OCC(C)C)C(C)(C)C)C(=O)C(=O)NCC(=O)N[C@H](C(=O)N(C)C)c1ccccc1. The number of benzene rings is 1. The minimum Gasteiger partial charge on any atom is -0.449 e. The summed E-state index contributed by atoms with van der Waals surface area (Å²) >= 11 is 0. The van der Waals surface area contributed by atoms with Crippen LogP contribution in [0.25, 0.3) is 0 Å². The third-order valence-electron chi connectivity index (χ3n) is 7.73. The summed E-state index contributed by atoms with van der Waals surface area (Å²) in [7, 11) is 3.11. The molecule has 4 N–H and O–H groups in total. The highest BCUT2D eigenvalue weighted by atomic mass is 16.5. The molecule has 1 heterocycles. The van der Waals surface area contributed by atoms with Crippen LogP contribution in [0.3, 0.4) is 0 Å². The highest BCUT2D eigenvalue weighted by Gasteiger charge is 2.43. The molecule has 14 heteroatoms. The second-order valence-electron chi connectivity index (χ2n) is 13.7. The third kappa shape index (κ3) is 11.6. The molecule has 0 radical (unpaired) electrons. The van der Waals surface area contributed by atoms with Crippen molar-refractivity contribution in [1.29, 1.82) is 0 Å². The number of nitrogens with zero attached hydrogens (tertiary/aromatic N) is 2. The highest BCUT2D eigenvalue weighted by Crippen LogP contribution is 2.26. The van der Waals surface area contributed by atoms with Gasteiger partial charge >= 0.3 is 6.09 Å². The van der Waals surface area contributed by atoms with Crippen molar-refractivity contribution in [3.05, 3.63) is 35.9 Å². The van der Waals surface area contributed by atoms with Crippen LogP contribution in [0.2, 0.25) is 0 Å². The van der Waals surface area contributed by atoms with Gasteiger partial charge in [0.15, 0.2) is 0 Å². The van der Waals surface area contributed by atoms with Crippen molar-refractivity contribution in [3.63, 3.8) is 0 Å². The molecule has 0 aromatic heterocycles. The molecule has 4 atom stereocenters. The summed E-state index contributed by atoms with van der Waals surface area (Å²) in [5.41, 5.74) is -0.156. The van der Waals surface area contributed by atoms with E-state index >= 15 is 0 Å². The number of carbonyl (C=O) groups excluding carboxylic acids is 7. The number of nitrogens with one attached hydrogen (secondary N) is 4. The molecule has 266 valence electrons. The molecule has 1 saturated heterocycles. The van der Waals surface area contributed by atoms with Gasteiger partial charge < -0.3 is 35.8 Å². The van der Waals surface area contributed by atoms with Crippen molar-refractivity contribution in [1.82, 2.24) is 31.1 Å². The van der Waals surface area contributed by atoms with Gasteiger partial charge in [-0.15, -0.1) is 0 Å². The lowest BCUT2D eigenvalue weighted by Gasteiger charge is -2.35. The molecule has 3 unspecified atom stereocenters. The molecule has 1 aliphatic rings. The molecule has 1 aromatic carbocycles. The number of ketones is 1. The Labute approximate surface area is 283 Å². The van der Waals surface area contributed by atoms with Crippen LogP contribution in [0.4, 0.5) is 4.79 Å². The molecule has 1 aliphatic heterocycles. The standard InChI is InChI=1S/C34H52N6O8/c1-9-14-23(27(42)30(44)35-19-25(41)37-26(31(45)39(7)8)22-15-11-10-12-16-22)36-29(43)24-17-13-18-40(24)32(46)28(34(4,5)6)38-33(47)48-20-21(2)3/h10-12,15-16,21,23-24,26,28H,9,13-14,17-20H2,1-8H3,(H,35,44)(H,36,43)(H,37,41)(H,38,47)/t23?,24?,26-,28?/m0/s1. The van der Waals surface area contributed by atoms with Crippen molar-refractivity contribution < 1.29 is 38.3 Å². The van der Waals surface area contributed by atoms with Crippen LogP contribution in [-0.4, -0.2) is 103 Å². The van der Waals surface area contributed by atoms with Crippen LogP contribution in [0.5, 0.6) is 0 Å².